The molecule has 1 aliphatic rings. The van der Waals surface area contributed by atoms with Crippen molar-refractivity contribution in [3.8, 4) is 17.2 Å². The lowest BCUT2D eigenvalue weighted by Crippen LogP contribution is -2.35. The fourth-order valence-corrected chi connectivity index (χ4v) is 3.91. The van der Waals surface area contributed by atoms with Crippen LogP contribution in [0.4, 0.5) is 0 Å². The predicted octanol–water partition coefficient (Wildman–Crippen LogP) is 3.62. The van der Waals surface area contributed by atoms with E-state index in [4.69, 9.17) is 14.2 Å². The van der Waals surface area contributed by atoms with Crippen LogP contribution in [0.15, 0.2) is 53.4 Å². The minimum Gasteiger partial charge on any atom is -0.497 e. The molecule has 0 N–H and O–H groups in total. The highest BCUT2D eigenvalue weighted by atomic mass is 32.2. The minimum absolute atomic E-state index is 0.163. The average Bonchev–Trinajstić information content (AvgIpc) is 2.98. The molecule has 1 aliphatic heterocycles. The molecule has 2 aromatic carbocycles. The van der Waals surface area contributed by atoms with Crippen LogP contribution in [0, 0.1) is 0 Å². The molecule has 0 atom stereocenters. The number of thioether (sulfide) groups is 1. The summed E-state index contributed by atoms with van der Waals surface area (Å²) in [5.41, 5.74) is 1.02. The Kier molecular flexibility index (Phi) is 6.82. The Balaban J connectivity index is 1.76. The molecule has 3 rings (SSSR count). The van der Waals surface area contributed by atoms with Crippen LogP contribution < -0.4 is 14.2 Å². The first kappa shape index (κ1) is 20.8. The third-order valence-corrected chi connectivity index (χ3v) is 5.39. The van der Waals surface area contributed by atoms with E-state index in [2.05, 4.69) is 0 Å². The topological polar surface area (TPSA) is 65.1 Å². The summed E-state index contributed by atoms with van der Waals surface area (Å²) < 4.78 is 16.2. The number of hydrogen-bond donors (Lipinski definition) is 0. The van der Waals surface area contributed by atoms with Crippen LogP contribution >= 0.6 is 11.8 Å². The molecule has 2 aromatic rings. The molecule has 0 aliphatic carbocycles. The van der Waals surface area contributed by atoms with Gasteiger partial charge in [0.15, 0.2) is 0 Å². The van der Waals surface area contributed by atoms with Gasteiger partial charge in [-0.15, -0.1) is 11.8 Å². The summed E-state index contributed by atoms with van der Waals surface area (Å²) in [7, 11) is 3.15. The fourth-order valence-electron chi connectivity index (χ4n) is 3.05. The van der Waals surface area contributed by atoms with Gasteiger partial charge in [-0.1, -0.05) is 25.1 Å². The first-order chi connectivity index (χ1) is 14.1. The predicted molar refractivity (Wildman–Crippen MR) is 113 cm³/mol. The molecule has 0 spiro atoms. The van der Waals surface area contributed by atoms with Gasteiger partial charge in [0.2, 0.25) is 0 Å². The van der Waals surface area contributed by atoms with E-state index >= 15 is 0 Å². The van der Waals surface area contributed by atoms with Crippen molar-refractivity contribution in [3.63, 3.8) is 0 Å². The van der Waals surface area contributed by atoms with Gasteiger partial charge in [-0.05, 0) is 36.1 Å². The number of ether oxygens (including phenoxy) is 3. The quantitative estimate of drug-likeness (QED) is 0.585. The van der Waals surface area contributed by atoms with Gasteiger partial charge in [-0.2, -0.15) is 0 Å². The van der Waals surface area contributed by atoms with Gasteiger partial charge >= 0.3 is 0 Å². The van der Waals surface area contributed by atoms with E-state index in [-0.39, 0.29) is 25.0 Å². The third kappa shape index (κ3) is 4.40. The number of nitrogens with zero attached hydrogens (tertiary/aromatic N) is 1. The molecule has 6 nitrogen and oxygen atoms in total. The molecular weight excluding hydrogens is 390 g/mol. The Morgan fingerprint density at radius 3 is 2.24 bits per heavy atom. The number of methoxy groups -OCH3 is 2. The van der Waals surface area contributed by atoms with E-state index in [0.29, 0.717) is 33.3 Å². The van der Waals surface area contributed by atoms with Crippen molar-refractivity contribution in [1.29, 1.82) is 0 Å². The van der Waals surface area contributed by atoms with Crippen LogP contribution in [-0.2, 0) is 9.59 Å². The molecule has 0 radical (unpaired) electrons. The monoisotopic (exact) mass is 413 g/mol. The largest absolute Gasteiger partial charge is 0.497 e. The lowest BCUT2D eigenvalue weighted by molar-refractivity contribution is -0.136. The van der Waals surface area contributed by atoms with E-state index in [1.807, 2.05) is 19.1 Å². The molecule has 0 saturated carbocycles. The first-order valence-corrected chi connectivity index (χ1v) is 10.2. The zero-order valence-corrected chi connectivity index (χ0v) is 17.5. The summed E-state index contributed by atoms with van der Waals surface area (Å²) in [4.78, 5) is 27.7. The third-order valence-electron chi connectivity index (χ3n) is 4.43. The van der Waals surface area contributed by atoms with Gasteiger partial charge in [-0.3, -0.25) is 14.5 Å². The standard InChI is InChI=1S/C22H23NO5S/c1-4-29-20-19(17-7-5-6-8-18(17)27-3)21(24)23(22(20)25)13-14-28-16-11-9-15(26-2)10-12-16/h5-12H,4,13-14H2,1-3H3. The Morgan fingerprint density at radius 1 is 0.897 bits per heavy atom. The fraction of sp³-hybridized carbons (Fsp3) is 0.273. The van der Waals surface area contributed by atoms with Crippen molar-refractivity contribution < 1.29 is 23.8 Å². The van der Waals surface area contributed by atoms with Crippen LogP contribution in [0.1, 0.15) is 12.5 Å². The average molecular weight is 413 g/mol. The summed E-state index contributed by atoms with van der Waals surface area (Å²) in [5, 5.41) is 0. The molecule has 0 saturated heterocycles. The van der Waals surface area contributed by atoms with Crippen molar-refractivity contribution in [2.45, 2.75) is 6.92 Å². The first-order valence-electron chi connectivity index (χ1n) is 9.24. The Bertz CT molecular complexity index is 923. The zero-order chi connectivity index (χ0) is 20.8. The molecule has 7 heteroatoms. The van der Waals surface area contributed by atoms with Crippen LogP contribution in [0.2, 0.25) is 0 Å². The highest BCUT2D eigenvalue weighted by Crippen LogP contribution is 2.39. The second-order valence-corrected chi connectivity index (χ2v) is 7.40. The van der Waals surface area contributed by atoms with Gasteiger partial charge in [0.05, 0.1) is 31.2 Å². The Labute approximate surface area is 174 Å². The number of carbonyl (C=O) groups excluding carboxylic acids is 2. The van der Waals surface area contributed by atoms with Gasteiger partial charge < -0.3 is 14.2 Å². The minimum atomic E-state index is -0.325. The molecule has 152 valence electrons. The van der Waals surface area contributed by atoms with Crippen molar-refractivity contribution in [1.82, 2.24) is 4.90 Å². The summed E-state index contributed by atoms with van der Waals surface area (Å²) >= 11 is 1.37. The maximum atomic E-state index is 13.1. The van der Waals surface area contributed by atoms with Crippen LogP contribution in [0.5, 0.6) is 17.2 Å². The van der Waals surface area contributed by atoms with Crippen molar-refractivity contribution in [3.05, 3.63) is 59.0 Å². The van der Waals surface area contributed by atoms with Crippen LogP contribution in [0.25, 0.3) is 5.57 Å². The van der Waals surface area contributed by atoms with Crippen molar-refractivity contribution >= 4 is 29.1 Å². The second-order valence-electron chi connectivity index (χ2n) is 6.12. The molecular formula is C22H23NO5S. The van der Waals surface area contributed by atoms with E-state index in [0.717, 1.165) is 5.75 Å². The Hall–Kier alpha value is -2.93. The number of hydrogen-bond acceptors (Lipinski definition) is 6. The molecule has 0 bridgehead atoms. The number of rotatable bonds is 9. The van der Waals surface area contributed by atoms with Gasteiger partial charge in [0.1, 0.15) is 23.9 Å². The smallest absolute Gasteiger partial charge is 0.268 e. The summed E-state index contributed by atoms with van der Waals surface area (Å²) in [6.07, 6.45) is 0. The zero-order valence-electron chi connectivity index (χ0n) is 16.6. The molecule has 0 fully saturated rings. The summed E-state index contributed by atoms with van der Waals surface area (Å²) in [5.74, 6) is 2.01. The molecule has 0 aromatic heterocycles. The van der Waals surface area contributed by atoms with Gasteiger partial charge in [0.25, 0.3) is 11.8 Å². The number of amides is 2. The van der Waals surface area contributed by atoms with Gasteiger partial charge in [-0.25, -0.2) is 0 Å². The highest BCUT2D eigenvalue weighted by Gasteiger charge is 2.39. The number of para-hydroxylation sites is 1. The molecule has 1 heterocycles. The van der Waals surface area contributed by atoms with E-state index in [1.54, 1.807) is 50.6 Å². The number of imide groups is 1. The van der Waals surface area contributed by atoms with Crippen LogP contribution in [0.3, 0.4) is 0 Å². The van der Waals surface area contributed by atoms with Crippen LogP contribution in [-0.4, -0.2) is 49.8 Å². The maximum Gasteiger partial charge on any atom is 0.268 e. The highest BCUT2D eigenvalue weighted by molar-refractivity contribution is 8.04. The normalized spacial score (nSPS) is 13.8. The lowest BCUT2D eigenvalue weighted by atomic mass is 10.1. The summed E-state index contributed by atoms with van der Waals surface area (Å²) in [6.45, 7) is 2.31. The van der Waals surface area contributed by atoms with Gasteiger partial charge in [0, 0.05) is 5.56 Å². The second kappa shape index (κ2) is 9.52. The van der Waals surface area contributed by atoms with Crippen molar-refractivity contribution in [2.24, 2.45) is 0 Å². The van der Waals surface area contributed by atoms with E-state index in [1.165, 1.54) is 16.7 Å². The Morgan fingerprint density at radius 2 is 1.59 bits per heavy atom. The molecule has 29 heavy (non-hydrogen) atoms. The van der Waals surface area contributed by atoms with E-state index < -0.39 is 0 Å². The molecule has 0 unspecified atom stereocenters. The molecule has 2 amide bonds. The number of carbonyl (C=O) groups is 2. The maximum absolute atomic E-state index is 13.1. The number of benzene rings is 2. The van der Waals surface area contributed by atoms with E-state index in [9.17, 15) is 9.59 Å². The van der Waals surface area contributed by atoms with Crippen molar-refractivity contribution in [2.75, 3.05) is 33.1 Å². The lowest BCUT2D eigenvalue weighted by Gasteiger charge is -2.16. The SMILES string of the molecule is CCSC1=C(c2ccccc2OC)C(=O)N(CCOc2ccc(OC)cc2)C1=O. The summed E-state index contributed by atoms with van der Waals surface area (Å²) in [6, 6.07) is 14.4.